The summed E-state index contributed by atoms with van der Waals surface area (Å²) in [6.45, 7) is 7.58. The predicted molar refractivity (Wildman–Crippen MR) is 88.7 cm³/mol. The lowest BCUT2D eigenvalue weighted by atomic mass is 10.2. The second-order valence-electron chi connectivity index (χ2n) is 5.66. The largest absolute Gasteiger partial charge is 0.333 e. The summed E-state index contributed by atoms with van der Waals surface area (Å²) in [5.41, 5.74) is 1.94. The van der Waals surface area contributed by atoms with Crippen molar-refractivity contribution in [2.24, 2.45) is 0 Å². The van der Waals surface area contributed by atoms with Crippen LogP contribution < -0.4 is 0 Å². The highest BCUT2D eigenvalue weighted by atomic mass is 16.1. The Bertz CT molecular complexity index is 566. The molecule has 1 heterocycles. The summed E-state index contributed by atoms with van der Waals surface area (Å²) in [6.07, 6.45) is 7.83. The van der Waals surface area contributed by atoms with Crippen molar-refractivity contribution in [1.82, 2.24) is 9.47 Å². The van der Waals surface area contributed by atoms with Crippen LogP contribution in [-0.2, 0) is 6.67 Å². The minimum atomic E-state index is 0.788. The summed E-state index contributed by atoms with van der Waals surface area (Å²) in [5, 5.41) is 1.05. The van der Waals surface area contributed by atoms with E-state index in [4.69, 9.17) is 0 Å². The number of para-hydroxylation sites is 1. The van der Waals surface area contributed by atoms with E-state index in [0.29, 0.717) is 0 Å². The lowest BCUT2D eigenvalue weighted by molar-refractivity contribution is 0.112. The molecule has 0 atom stereocenters. The van der Waals surface area contributed by atoms with Gasteiger partial charge in [0.05, 0.1) is 6.67 Å². The predicted octanol–water partition coefficient (Wildman–Crippen LogP) is 4.31. The van der Waals surface area contributed by atoms with Crippen LogP contribution in [0.4, 0.5) is 0 Å². The van der Waals surface area contributed by atoms with Crippen molar-refractivity contribution >= 4 is 17.2 Å². The van der Waals surface area contributed by atoms with Gasteiger partial charge in [-0.2, -0.15) is 0 Å². The van der Waals surface area contributed by atoms with E-state index in [1.807, 2.05) is 24.4 Å². The van der Waals surface area contributed by atoms with Gasteiger partial charge < -0.3 is 4.57 Å². The fourth-order valence-electron chi connectivity index (χ4n) is 2.72. The van der Waals surface area contributed by atoms with Gasteiger partial charge in [-0.25, -0.2) is 0 Å². The van der Waals surface area contributed by atoms with Gasteiger partial charge in [0.25, 0.3) is 0 Å². The number of aldehydes is 1. The van der Waals surface area contributed by atoms with Crippen molar-refractivity contribution in [2.75, 3.05) is 13.1 Å². The number of fused-ring (bicyclic) bond motifs is 1. The Morgan fingerprint density at radius 2 is 1.76 bits per heavy atom. The lowest BCUT2D eigenvalue weighted by Gasteiger charge is -2.23. The molecular formula is C18H26N2O. The summed E-state index contributed by atoms with van der Waals surface area (Å²) in [6, 6.07) is 8.15. The monoisotopic (exact) mass is 286 g/mol. The highest BCUT2D eigenvalue weighted by Crippen LogP contribution is 2.20. The van der Waals surface area contributed by atoms with Gasteiger partial charge in [-0.1, -0.05) is 44.9 Å². The van der Waals surface area contributed by atoms with Gasteiger partial charge in [0.2, 0.25) is 0 Å². The van der Waals surface area contributed by atoms with E-state index < -0.39 is 0 Å². The van der Waals surface area contributed by atoms with Crippen LogP contribution >= 0.6 is 0 Å². The first-order valence-electron chi connectivity index (χ1n) is 8.05. The highest BCUT2D eigenvalue weighted by Gasteiger charge is 2.10. The number of carbonyl (C=O) groups excluding carboxylic acids is 1. The number of hydrogen-bond acceptors (Lipinski definition) is 2. The highest BCUT2D eigenvalue weighted by molar-refractivity contribution is 5.97. The van der Waals surface area contributed by atoms with E-state index in [9.17, 15) is 4.79 Å². The number of carbonyl (C=O) groups is 1. The van der Waals surface area contributed by atoms with E-state index in [-0.39, 0.29) is 0 Å². The Morgan fingerprint density at radius 3 is 2.38 bits per heavy atom. The van der Waals surface area contributed by atoms with Gasteiger partial charge in [-0.15, -0.1) is 0 Å². The summed E-state index contributed by atoms with van der Waals surface area (Å²) in [5.74, 6) is 0. The quantitative estimate of drug-likeness (QED) is 0.642. The zero-order valence-electron chi connectivity index (χ0n) is 13.2. The van der Waals surface area contributed by atoms with Gasteiger partial charge in [0.15, 0.2) is 6.29 Å². The fourth-order valence-corrected chi connectivity index (χ4v) is 2.72. The topological polar surface area (TPSA) is 25.2 Å². The van der Waals surface area contributed by atoms with Crippen molar-refractivity contribution in [3.63, 3.8) is 0 Å². The molecule has 0 radical (unpaired) electrons. The Balaban J connectivity index is 2.20. The van der Waals surface area contributed by atoms with Gasteiger partial charge >= 0.3 is 0 Å². The van der Waals surface area contributed by atoms with Crippen LogP contribution in [0.2, 0.25) is 0 Å². The molecule has 1 aromatic carbocycles. The first-order chi connectivity index (χ1) is 10.3. The molecule has 0 saturated carbocycles. The summed E-state index contributed by atoms with van der Waals surface area (Å²) in [7, 11) is 0. The maximum Gasteiger partial charge on any atom is 0.152 e. The number of aromatic nitrogens is 1. The van der Waals surface area contributed by atoms with Crippen molar-refractivity contribution in [2.45, 2.75) is 46.2 Å². The molecule has 21 heavy (non-hydrogen) atoms. The standard InChI is InChI=1S/C18H26N2O/c1-3-5-11-19(12-6-4-2)15-20-13-16(14-21)17-9-7-8-10-18(17)20/h7-10,13-14H,3-6,11-12,15H2,1-2H3. The maximum absolute atomic E-state index is 11.2. The average molecular weight is 286 g/mol. The second-order valence-corrected chi connectivity index (χ2v) is 5.66. The average Bonchev–Trinajstić information content (AvgIpc) is 2.88. The van der Waals surface area contributed by atoms with E-state index in [2.05, 4.69) is 29.4 Å². The smallest absolute Gasteiger partial charge is 0.152 e. The Morgan fingerprint density at radius 1 is 1.10 bits per heavy atom. The molecule has 3 heteroatoms. The number of benzene rings is 1. The maximum atomic E-state index is 11.2. The molecule has 2 aromatic rings. The third-order valence-electron chi connectivity index (χ3n) is 3.95. The molecule has 0 saturated heterocycles. The summed E-state index contributed by atoms with van der Waals surface area (Å²) >= 11 is 0. The molecule has 0 N–H and O–H groups in total. The molecule has 0 unspecified atom stereocenters. The van der Waals surface area contributed by atoms with E-state index in [1.54, 1.807) is 0 Å². The third-order valence-corrected chi connectivity index (χ3v) is 3.95. The molecule has 0 spiro atoms. The van der Waals surface area contributed by atoms with Crippen LogP contribution in [0.25, 0.3) is 10.9 Å². The van der Waals surface area contributed by atoms with Crippen molar-refractivity contribution in [1.29, 1.82) is 0 Å². The molecule has 0 aliphatic carbocycles. The van der Waals surface area contributed by atoms with Gasteiger partial charge in [-0.05, 0) is 32.0 Å². The normalized spacial score (nSPS) is 11.4. The molecule has 0 aliphatic heterocycles. The zero-order chi connectivity index (χ0) is 15.1. The first-order valence-corrected chi connectivity index (χ1v) is 8.05. The minimum absolute atomic E-state index is 0.788. The second kappa shape index (κ2) is 7.99. The number of nitrogens with zero attached hydrogens (tertiary/aromatic N) is 2. The number of unbranched alkanes of at least 4 members (excludes halogenated alkanes) is 2. The van der Waals surface area contributed by atoms with E-state index >= 15 is 0 Å². The lowest BCUT2D eigenvalue weighted by Crippen LogP contribution is -2.28. The molecule has 0 aliphatic rings. The fraction of sp³-hybridized carbons (Fsp3) is 0.500. The summed E-state index contributed by atoms with van der Waals surface area (Å²) < 4.78 is 2.21. The third kappa shape index (κ3) is 3.94. The van der Waals surface area contributed by atoms with Crippen LogP contribution in [0.1, 0.15) is 49.9 Å². The SMILES string of the molecule is CCCCN(CCCC)Cn1cc(C=O)c2ccccc21. The molecule has 0 bridgehead atoms. The van der Waals surface area contributed by atoms with E-state index in [1.165, 1.54) is 25.7 Å². The van der Waals surface area contributed by atoms with Crippen LogP contribution in [0.15, 0.2) is 30.5 Å². The van der Waals surface area contributed by atoms with Gasteiger partial charge in [0.1, 0.15) is 0 Å². The molecular weight excluding hydrogens is 260 g/mol. The molecule has 114 valence electrons. The van der Waals surface area contributed by atoms with E-state index in [0.717, 1.165) is 42.5 Å². The van der Waals surface area contributed by atoms with Crippen LogP contribution in [0.5, 0.6) is 0 Å². The number of hydrogen-bond donors (Lipinski definition) is 0. The van der Waals surface area contributed by atoms with Gasteiger partial charge in [0, 0.05) is 22.7 Å². The molecule has 0 amide bonds. The molecule has 3 nitrogen and oxygen atoms in total. The first kappa shape index (κ1) is 15.8. The Kier molecular flexibility index (Phi) is 6.00. The van der Waals surface area contributed by atoms with Crippen molar-refractivity contribution in [3.05, 3.63) is 36.0 Å². The van der Waals surface area contributed by atoms with Crippen molar-refractivity contribution in [3.8, 4) is 0 Å². The molecule has 0 fully saturated rings. The van der Waals surface area contributed by atoms with Crippen molar-refractivity contribution < 1.29 is 4.79 Å². The van der Waals surface area contributed by atoms with Crippen LogP contribution in [0.3, 0.4) is 0 Å². The Hall–Kier alpha value is -1.61. The van der Waals surface area contributed by atoms with Crippen LogP contribution in [0, 0.1) is 0 Å². The summed E-state index contributed by atoms with van der Waals surface area (Å²) in [4.78, 5) is 13.7. The Labute approximate surface area is 127 Å². The zero-order valence-corrected chi connectivity index (χ0v) is 13.2. The van der Waals surface area contributed by atoms with Gasteiger partial charge in [-0.3, -0.25) is 9.69 Å². The molecule has 2 rings (SSSR count). The number of rotatable bonds is 9. The molecule has 1 aromatic heterocycles. The minimum Gasteiger partial charge on any atom is -0.333 e. The van der Waals surface area contributed by atoms with Crippen LogP contribution in [-0.4, -0.2) is 28.8 Å².